The van der Waals surface area contributed by atoms with Gasteiger partial charge in [0.1, 0.15) is 11.3 Å². The highest BCUT2D eigenvalue weighted by molar-refractivity contribution is 7.87. The zero-order valence-electron chi connectivity index (χ0n) is 8.67. The highest BCUT2D eigenvalue weighted by Gasteiger charge is 2.42. The van der Waals surface area contributed by atoms with E-state index in [1.165, 1.54) is 0 Å². The fourth-order valence-corrected chi connectivity index (χ4v) is 2.31. The van der Waals surface area contributed by atoms with Gasteiger partial charge in [0, 0.05) is 19.4 Å². The molecule has 0 bridgehead atoms. The standard InChI is InChI=1S/C9H10FNO5S/c1-2-3-7(9(13)14)11-5-6(4-8(11)12)17(10,15)16/h1,6-7H,3-5H2,(H,13,14). The first-order valence-electron chi connectivity index (χ1n) is 4.66. The summed E-state index contributed by atoms with van der Waals surface area (Å²) >= 11 is 0. The summed E-state index contributed by atoms with van der Waals surface area (Å²) < 4.78 is 34.0. The van der Waals surface area contributed by atoms with E-state index >= 15 is 0 Å². The Morgan fingerprint density at radius 2 is 2.29 bits per heavy atom. The lowest BCUT2D eigenvalue weighted by atomic mass is 10.2. The molecule has 1 heterocycles. The van der Waals surface area contributed by atoms with Crippen molar-refractivity contribution in [3.8, 4) is 12.3 Å². The molecule has 6 nitrogen and oxygen atoms in total. The van der Waals surface area contributed by atoms with Gasteiger partial charge in [-0.3, -0.25) is 4.79 Å². The Morgan fingerprint density at radius 1 is 1.71 bits per heavy atom. The molecule has 2 atom stereocenters. The Kier molecular flexibility index (Phi) is 3.72. The monoisotopic (exact) mass is 263 g/mol. The largest absolute Gasteiger partial charge is 0.480 e. The van der Waals surface area contributed by atoms with Crippen LogP contribution in [0.2, 0.25) is 0 Å². The number of likely N-dealkylation sites (tertiary alicyclic amines) is 1. The number of terminal acetylenes is 1. The van der Waals surface area contributed by atoms with Crippen molar-refractivity contribution < 1.29 is 27.0 Å². The van der Waals surface area contributed by atoms with Crippen molar-refractivity contribution in [2.24, 2.45) is 0 Å². The molecule has 1 saturated heterocycles. The molecule has 94 valence electrons. The van der Waals surface area contributed by atoms with Gasteiger partial charge in [-0.2, -0.15) is 8.42 Å². The predicted molar refractivity (Wildman–Crippen MR) is 55.0 cm³/mol. The summed E-state index contributed by atoms with van der Waals surface area (Å²) in [6.07, 6.45) is 4.16. The van der Waals surface area contributed by atoms with Crippen LogP contribution in [0.1, 0.15) is 12.8 Å². The predicted octanol–water partition coefficient (Wildman–Crippen LogP) is -0.637. The molecule has 2 unspecified atom stereocenters. The van der Waals surface area contributed by atoms with Crippen molar-refractivity contribution in [2.45, 2.75) is 24.1 Å². The summed E-state index contributed by atoms with van der Waals surface area (Å²) in [6.45, 7) is -0.476. The van der Waals surface area contributed by atoms with E-state index in [-0.39, 0.29) is 6.42 Å². The molecule has 0 radical (unpaired) electrons. The third kappa shape index (κ3) is 2.94. The maximum atomic E-state index is 12.7. The maximum Gasteiger partial charge on any atom is 0.327 e. The Morgan fingerprint density at radius 3 is 2.65 bits per heavy atom. The van der Waals surface area contributed by atoms with E-state index in [4.69, 9.17) is 11.5 Å². The van der Waals surface area contributed by atoms with Crippen LogP contribution in [0.15, 0.2) is 0 Å². The van der Waals surface area contributed by atoms with Crippen LogP contribution in [0.5, 0.6) is 0 Å². The van der Waals surface area contributed by atoms with E-state index in [1.54, 1.807) is 0 Å². The van der Waals surface area contributed by atoms with Crippen LogP contribution in [-0.2, 0) is 19.8 Å². The van der Waals surface area contributed by atoms with Gasteiger partial charge in [0.15, 0.2) is 0 Å². The third-order valence-electron chi connectivity index (χ3n) is 2.49. The summed E-state index contributed by atoms with van der Waals surface area (Å²) in [6, 6.07) is -1.31. The third-order valence-corrected chi connectivity index (χ3v) is 3.61. The van der Waals surface area contributed by atoms with Gasteiger partial charge in [-0.15, -0.1) is 16.2 Å². The van der Waals surface area contributed by atoms with Crippen LogP contribution in [0, 0.1) is 12.3 Å². The Bertz CT molecular complexity index is 480. The van der Waals surface area contributed by atoms with Crippen molar-refractivity contribution in [3.05, 3.63) is 0 Å². The minimum Gasteiger partial charge on any atom is -0.480 e. The van der Waals surface area contributed by atoms with Crippen molar-refractivity contribution in [1.29, 1.82) is 0 Å². The van der Waals surface area contributed by atoms with Crippen LogP contribution >= 0.6 is 0 Å². The molecule has 1 aliphatic rings. The van der Waals surface area contributed by atoms with Crippen molar-refractivity contribution in [3.63, 3.8) is 0 Å². The molecule has 1 aliphatic heterocycles. The lowest BCUT2D eigenvalue weighted by Crippen LogP contribution is -2.42. The van der Waals surface area contributed by atoms with Crippen molar-refractivity contribution in [1.82, 2.24) is 4.90 Å². The maximum absolute atomic E-state index is 12.7. The minimum atomic E-state index is -4.85. The number of hydrogen-bond acceptors (Lipinski definition) is 4. The van der Waals surface area contributed by atoms with Gasteiger partial charge >= 0.3 is 16.2 Å². The summed E-state index contributed by atoms with van der Waals surface area (Å²) in [7, 11) is -4.85. The van der Waals surface area contributed by atoms with Gasteiger partial charge < -0.3 is 10.0 Å². The van der Waals surface area contributed by atoms with Gasteiger partial charge in [0.05, 0.1) is 0 Å². The number of carbonyl (C=O) groups is 2. The van der Waals surface area contributed by atoms with Gasteiger partial charge in [0.2, 0.25) is 5.91 Å². The number of carboxylic acid groups (broad SMARTS) is 1. The van der Waals surface area contributed by atoms with Crippen LogP contribution < -0.4 is 0 Å². The van der Waals surface area contributed by atoms with Gasteiger partial charge in [0.25, 0.3) is 0 Å². The topological polar surface area (TPSA) is 91.8 Å². The van der Waals surface area contributed by atoms with E-state index in [2.05, 4.69) is 5.92 Å². The van der Waals surface area contributed by atoms with E-state index < -0.39 is 46.4 Å². The van der Waals surface area contributed by atoms with E-state index in [0.29, 0.717) is 0 Å². The summed E-state index contributed by atoms with van der Waals surface area (Å²) in [5.74, 6) is 0.0193. The quantitative estimate of drug-likeness (QED) is 0.538. The smallest absolute Gasteiger partial charge is 0.327 e. The van der Waals surface area contributed by atoms with Crippen molar-refractivity contribution in [2.75, 3.05) is 6.54 Å². The number of aliphatic carboxylic acids is 1. The molecule has 1 rings (SSSR count). The molecule has 0 aliphatic carbocycles. The molecule has 8 heteroatoms. The van der Waals surface area contributed by atoms with Crippen LogP contribution in [0.25, 0.3) is 0 Å². The highest BCUT2D eigenvalue weighted by atomic mass is 32.3. The van der Waals surface area contributed by atoms with E-state index in [9.17, 15) is 21.9 Å². The summed E-state index contributed by atoms with van der Waals surface area (Å²) in [5.41, 5.74) is 0. The normalized spacial score (nSPS) is 22.2. The zero-order chi connectivity index (χ0) is 13.2. The number of amides is 1. The van der Waals surface area contributed by atoms with Crippen LogP contribution in [0.3, 0.4) is 0 Å². The molecule has 0 aromatic rings. The number of nitrogens with zero attached hydrogens (tertiary/aromatic N) is 1. The summed E-state index contributed by atoms with van der Waals surface area (Å²) in [5, 5.41) is 7.33. The molecule has 1 amide bonds. The molecule has 1 fully saturated rings. The number of rotatable bonds is 4. The molecule has 0 aromatic carbocycles. The molecule has 0 aromatic heterocycles. The van der Waals surface area contributed by atoms with E-state index in [0.717, 1.165) is 4.90 Å². The number of carboxylic acids is 1. The average Bonchev–Trinajstić information content (AvgIpc) is 2.55. The lowest BCUT2D eigenvalue weighted by molar-refractivity contribution is -0.148. The number of halogens is 1. The molecule has 17 heavy (non-hydrogen) atoms. The number of hydrogen-bond donors (Lipinski definition) is 1. The van der Waals surface area contributed by atoms with Crippen molar-refractivity contribution >= 4 is 22.1 Å². The van der Waals surface area contributed by atoms with Crippen LogP contribution in [-0.4, -0.2) is 48.1 Å². The Hall–Kier alpha value is -1.62. The molecule has 1 N–H and O–H groups in total. The molecule has 0 spiro atoms. The fraction of sp³-hybridized carbons (Fsp3) is 0.556. The average molecular weight is 263 g/mol. The molecular weight excluding hydrogens is 253 g/mol. The first-order chi connectivity index (χ1) is 7.77. The SMILES string of the molecule is C#CCC(C(=O)O)N1CC(S(=O)(=O)F)CC1=O. The molecular formula is C9H10FNO5S. The van der Waals surface area contributed by atoms with Gasteiger partial charge in [-0.1, -0.05) is 0 Å². The van der Waals surface area contributed by atoms with Gasteiger partial charge in [-0.05, 0) is 0 Å². The molecule has 0 saturated carbocycles. The Labute approximate surface area is 97.6 Å². The van der Waals surface area contributed by atoms with Crippen LogP contribution in [0.4, 0.5) is 3.89 Å². The second-order valence-corrected chi connectivity index (χ2v) is 5.23. The second-order valence-electron chi connectivity index (χ2n) is 3.61. The summed E-state index contributed by atoms with van der Waals surface area (Å²) in [4.78, 5) is 23.1. The first kappa shape index (κ1) is 13.4. The highest BCUT2D eigenvalue weighted by Crippen LogP contribution is 2.22. The lowest BCUT2D eigenvalue weighted by Gasteiger charge is -2.22. The number of carbonyl (C=O) groups excluding carboxylic acids is 1. The fourth-order valence-electron chi connectivity index (χ4n) is 1.63. The minimum absolute atomic E-state index is 0.250. The first-order valence-corrected chi connectivity index (χ1v) is 6.11. The van der Waals surface area contributed by atoms with Gasteiger partial charge in [-0.25, -0.2) is 4.79 Å². The van der Waals surface area contributed by atoms with E-state index in [1.807, 2.05) is 0 Å². The Balaban J connectivity index is 2.90. The second kappa shape index (κ2) is 4.71. The zero-order valence-corrected chi connectivity index (χ0v) is 9.48.